The first kappa shape index (κ1) is 16.8. The van der Waals surface area contributed by atoms with Crippen LogP contribution in [0.15, 0.2) is 66.2 Å². The van der Waals surface area contributed by atoms with Crippen LogP contribution < -0.4 is 0 Å². The third-order valence-corrected chi connectivity index (χ3v) is 5.86. The van der Waals surface area contributed by atoms with Gasteiger partial charge < -0.3 is 5.41 Å². The van der Waals surface area contributed by atoms with Crippen LogP contribution in [0.25, 0.3) is 16.8 Å². The van der Waals surface area contributed by atoms with Gasteiger partial charge in [0, 0.05) is 17.7 Å². The maximum atomic E-state index is 8.05. The Kier molecular flexibility index (Phi) is 4.03. The number of rotatable bonds is 4. The average Bonchev–Trinajstić information content (AvgIpc) is 2.95. The molecule has 3 aromatic carbocycles. The highest BCUT2D eigenvalue weighted by Gasteiger charge is 2.32. The highest BCUT2D eigenvalue weighted by molar-refractivity contribution is 6.00. The van der Waals surface area contributed by atoms with Gasteiger partial charge in [-0.3, -0.25) is 0 Å². The van der Waals surface area contributed by atoms with Crippen molar-refractivity contribution in [1.29, 1.82) is 5.41 Å². The van der Waals surface area contributed by atoms with E-state index < -0.39 is 0 Å². The van der Waals surface area contributed by atoms with Crippen molar-refractivity contribution in [2.45, 2.75) is 38.5 Å². The maximum absolute atomic E-state index is 8.05. The van der Waals surface area contributed by atoms with Crippen molar-refractivity contribution in [1.82, 2.24) is 0 Å². The van der Waals surface area contributed by atoms with E-state index in [9.17, 15) is 0 Å². The predicted molar refractivity (Wildman–Crippen MR) is 112 cm³/mol. The summed E-state index contributed by atoms with van der Waals surface area (Å²) in [4.78, 5) is 0. The minimum absolute atomic E-state index is 0.0197. The molecule has 1 nitrogen and oxygen atoms in total. The van der Waals surface area contributed by atoms with Crippen molar-refractivity contribution in [3.8, 4) is 0 Å². The number of benzene rings is 3. The van der Waals surface area contributed by atoms with E-state index in [-0.39, 0.29) is 5.41 Å². The second-order valence-corrected chi connectivity index (χ2v) is 8.05. The van der Waals surface area contributed by atoms with Crippen LogP contribution in [0.5, 0.6) is 0 Å². The normalized spacial score (nSPS) is 16.4. The van der Waals surface area contributed by atoms with Crippen molar-refractivity contribution < 1.29 is 0 Å². The quantitative estimate of drug-likeness (QED) is 0.511. The number of nitrogens with one attached hydrogen (secondary N) is 1. The lowest BCUT2D eigenvalue weighted by Gasteiger charge is -2.31. The molecule has 1 aliphatic carbocycles. The molecule has 1 N–H and O–H groups in total. The van der Waals surface area contributed by atoms with Crippen LogP contribution in [0.2, 0.25) is 0 Å². The molecule has 1 heteroatoms. The zero-order valence-corrected chi connectivity index (χ0v) is 15.7. The number of fused-ring (bicyclic) bond motifs is 2. The van der Waals surface area contributed by atoms with Gasteiger partial charge in [-0.05, 0) is 46.2 Å². The monoisotopic (exact) mass is 339 g/mol. The molecular weight excluding hydrogens is 314 g/mol. The van der Waals surface area contributed by atoms with Crippen molar-refractivity contribution in [3.63, 3.8) is 0 Å². The molecule has 0 bridgehead atoms. The summed E-state index contributed by atoms with van der Waals surface area (Å²) in [6.07, 6.45) is 4.91. The molecule has 0 aromatic heterocycles. The summed E-state index contributed by atoms with van der Waals surface area (Å²) < 4.78 is 0. The summed E-state index contributed by atoms with van der Waals surface area (Å²) in [6.45, 7) is 6.88. The van der Waals surface area contributed by atoms with Gasteiger partial charge in [0.2, 0.25) is 0 Å². The zero-order chi connectivity index (χ0) is 18.3. The lowest BCUT2D eigenvalue weighted by molar-refractivity contribution is 0.450. The Morgan fingerprint density at radius 1 is 0.962 bits per heavy atom. The largest absolute Gasteiger partial charge is 0.308 e. The molecule has 1 unspecified atom stereocenters. The fourth-order valence-electron chi connectivity index (χ4n) is 4.48. The molecule has 0 saturated carbocycles. The lowest BCUT2D eigenvalue weighted by atomic mass is 9.72. The topological polar surface area (TPSA) is 23.9 Å². The Bertz CT molecular complexity index is 1020. The van der Waals surface area contributed by atoms with Gasteiger partial charge in [-0.1, -0.05) is 86.2 Å². The van der Waals surface area contributed by atoms with Gasteiger partial charge >= 0.3 is 0 Å². The zero-order valence-electron chi connectivity index (χ0n) is 15.7. The molecule has 0 saturated heterocycles. The van der Waals surface area contributed by atoms with E-state index in [2.05, 4.69) is 87.5 Å². The summed E-state index contributed by atoms with van der Waals surface area (Å²) in [7, 11) is 0. The standard InChI is InChI=1S/C25H25N/c1-17-14-19-9-5-7-11-21(19)22(17)15-25(2,3)24-13-12-18-8-4-6-10-20(18)23(24)16-26/h4-14,16,22,26H,15H2,1-3H3. The summed E-state index contributed by atoms with van der Waals surface area (Å²) in [6, 6.07) is 21.5. The van der Waals surface area contributed by atoms with Crippen molar-refractivity contribution in [2.75, 3.05) is 0 Å². The van der Waals surface area contributed by atoms with Crippen molar-refractivity contribution >= 4 is 23.1 Å². The molecule has 0 spiro atoms. The predicted octanol–water partition coefficient (Wildman–Crippen LogP) is 6.71. The van der Waals surface area contributed by atoms with E-state index in [1.165, 1.54) is 39.3 Å². The van der Waals surface area contributed by atoms with Gasteiger partial charge in [0.15, 0.2) is 0 Å². The SMILES string of the molecule is CC1=Cc2ccccc2C1CC(C)(C)c1ccc2ccccc2c1C=N. The van der Waals surface area contributed by atoms with Gasteiger partial charge in [-0.25, -0.2) is 0 Å². The number of allylic oxidation sites excluding steroid dienone is 1. The molecule has 26 heavy (non-hydrogen) atoms. The van der Waals surface area contributed by atoms with E-state index in [0.717, 1.165) is 12.0 Å². The van der Waals surface area contributed by atoms with Gasteiger partial charge in [0.1, 0.15) is 0 Å². The molecule has 0 fully saturated rings. The molecule has 4 rings (SSSR count). The third kappa shape index (κ3) is 2.68. The van der Waals surface area contributed by atoms with Crippen LogP contribution in [0.3, 0.4) is 0 Å². The molecule has 0 amide bonds. The van der Waals surface area contributed by atoms with E-state index in [1.54, 1.807) is 0 Å². The summed E-state index contributed by atoms with van der Waals surface area (Å²) >= 11 is 0. The number of hydrogen-bond donors (Lipinski definition) is 1. The van der Waals surface area contributed by atoms with Gasteiger partial charge in [-0.2, -0.15) is 0 Å². The first-order valence-corrected chi connectivity index (χ1v) is 9.31. The van der Waals surface area contributed by atoms with Crippen LogP contribution in [0.1, 0.15) is 55.4 Å². The molecule has 130 valence electrons. The van der Waals surface area contributed by atoms with Crippen LogP contribution in [-0.2, 0) is 5.41 Å². The maximum Gasteiger partial charge on any atom is 0.0259 e. The highest BCUT2D eigenvalue weighted by Crippen LogP contribution is 2.45. The second-order valence-electron chi connectivity index (χ2n) is 8.05. The van der Waals surface area contributed by atoms with Crippen LogP contribution in [0.4, 0.5) is 0 Å². The summed E-state index contributed by atoms with van der Waals surface area (Å²) in [5.74, 6) is 0.450. The third-order valence-electron chi connectivity index (χ3n) is 5.86. The first-order chi connectivity index (χ1) is 12.5. The van der Waals surface area contributed by atoms with Crippen LogP contribution in [0, 0.1) is 5.41 Å². The molecule has 0 heterocycles. The van der Waals surface area contributed by atoms with Crippen molar-refractivity contribution in [2.24, 2.45) is 0 Å². The summed E-state index contributed by atoms with van der Waals surface area (Å²) in [5.41, 5.74) is 6.54. The minimum Gasteiger partial charge on any atom is -0.308 e. The Morgan fingerprint density at radius 2 is 1.69 bits per heavy atom. The van der Waals surface area contributed by atoms with Crippen LogP contribution in [-0.4, -0.2) is 6.21 Å². The molecule has 0 aliphatic heterocycles. The van der Waals surface area contributed by atoms with Gasteiger partial charge in [0.25, 0.3) is 0 Å². The van der Waals surface area contributed by atoms with E-state index in [0.29, 0.717) is 5.92 Å². The highest BCUT2D eigenvalue weighted by atomic mass is 14.4. The summed E-state index contributed by atoms with van der Waals surface area (Å²) in [5, 5.41) is 10.4. The first-order valence-electron chi connectivity index (χ1n) is 9.31. The second kappa shape index (κ2) is 6.25. The molecular formula is C25H25N. The van der Waals surface area contributed by atoms with Gasteiger partial charge in [-0.15, -0.1) is 0 Å². The minimum atomic E-state index is -0.0197. The molecule has 3 aromatic rings. The van der Waals surface area contributed by atoms with E-state index >= 15 is 0 Å². The average molecular weight is 339 g/mol. The molecule has 1 atom stereocenters. The molecule has 0 radical (unpaired) electrons. The van der Waals surface area contributed by atoms with Crippen LogP contribution >= 0.6 is 0 Å². The lowest BCUT2D eigenvalue weighted by Crippen LogP contribution is -2.23. The Balaban J connectivity index is 1.77. The van der Waals surface area contributed by atoms with E-state index in [1.807, 2.05) is 0 Å². The number of hydrogen-bond acceptors (Lipinski definition) is 1. The Labute approximate surface area is 155 Å². The van der Waals surface area contributed by atoms with Gasteiger partial charge in [0.05, 0.1) is 0 Å². The smallest absolute Gasteiger partial charge is 0.0259 e. The fraction of sp³-hybridized carbons (Fsp3) is 0.240. The fourth-order valence-corrected chi connectivity index (χ4v) is 4.48. The molecule has 1 aliphatic rings. The van der Waals surface area contributed by atoms with Crippen molar-refractivity contribution in [3.05, 3.63) is 88.5 Å². The van der Waals surface area contributed by atoms with E-state index in [4.69, 9.17) is 5.41 Å². The Hall–Kier alpha value is -2.67. The Morgan fingerprint density at radius 3 is 2.50 bits per heavy atom.